The van der Waals surface area contributed by atoms with Crippen molar-refractivity contribution in [2.45, 2.75) is 12.8 Å². The summed E-state index contributed by atoms with van der Waals surface area (Å²) < 4.78 is 0. The van der Waals surface area contributed by atoms with Crippen molar-refractivity contribution < 1.29 is 9.90 Å². The van der Waals surface area contributed by atoms with Crippen molar-refractivity contribution in [1.29, 1.82) is 0 Å². The second-order valence-corrected chi connectivity index (χ2v) is 4.64. The molecule has 0 aromatic rings. The molecule has 2 rings (SSSR count). The predicted octanol–water partition coefficient (Wildman–Crippen LogP) is 1.46. The first kappa shape index (κ1) is 7.47. The molecule has 0 spiro atoms. The summed E-state index contributed by atoms with van der Waals surface area (Å²) in [5, 5.41) is 8.76. The molecule has 62 valence electrons. The SMILES string of the molecule is O=C(O)C1CC2CSCC2C1. The number of rotatable bonds is 1. The Hall–Kier alpha value is -0.180. The van der Waals surface area contributed by atoms with Crippen LogP contribution in [0, 0.1) is 17.8 Å². The number of thioether (sulfide) groups is 1. The minimum Gasteiger partial charge on any atom is -0.481 e. The first-order valence-corrected chi connectivity index (χ1v) is 5.23. The molecule has 2 unspecified atom stereocenters. The molecular weight excluding hydrogens is 160 g/mol. The lowest BCUT2D eigenvalue weighted by atomic mass is 10.0. The van der Waals surface area contributed by atoms with Gasteiger partial charge in [0.15, 0.2) is 0 Å². The molecule has 0 amide bonds. The third-order valence-corrected chi connectivity index (χ3v) is 4.18. The van der Waals surface area contributed by atoms with Crippen LogP contribution in [0.2, 0.25) is 0 Å². The first-order chi connectivity index (χ1) is 5.27. The second-order valence-electron chi connectivity index (χ2n) is 3.56. The van der Waals surface area contributed by atoms with Crippen molar-refractivity contribution >= 4 is 17.7 Å². The zero-order chi connectivity index (χ0) is 7.84. The summed E-state index contributed by atoms with van der Waals surface area (Å²) in [6.45, 7) is 0. The van der Waals surface area contributed by atoms with E-state index in [-0.39, 0.29) is 5.92 Å². The van der Waals surface area contributed by atoms with E-state index in [1.807, 2.05) is 11.8 Å². The fourth-order valence-electron chi connectivity index (χ4n) is 2.19. The quantitative estimate of drug-likeness (QED) is 0.650. The zero-order valence-corrected chi connectivity index (χ0v) is 7.14. The highest BCUT2D eigenvalue weighted by atomic mass is 32.2. The molecule has 2 fully saturated rings. The van der Waals surface area contributed by atoms with Crippen molar-refractivity contribution in [2.75, 3.05) is 11.5 Å². The Balaban J connectivity index is 1.99. The summed E-state index contributed by atoms with van der Waals surface area (Å²) in [6, 6.07) is 0. The second kappa shape index (κ2) is 2.70. The van der Waals surface area contributed by atoms with Gasteiger partial charge in [-0.15, -0.1) is 0 Å². The van der Waals surface area contributed by atoms with E-state index in [1.54, 1.807) is 0 Å². The van der Waals surface area contributed by atoms with E-state index in [1.165, 1.54) is 11.5 Å². The van der Waals surface area contributed by atoms with Crippen molar-refractivity contribution in [3.05, 3.63) is 0 Å². The summed E-state index contributed by atoms with van der Waals surface area (Å²) in [7, 11) is 0. The largest absolute Gasteiger partial charge is 0.481 e. The zero-order valence-electron chi connectivity index (χ0n) is 6.32. The highest BCUT2D eigenvalue weighted by Gasteiger charge is 2.40. The van der Waals surface area contributed by atoms with E-state index in [2.05, 4.69) is 0 Å². The third kappa shape index (κ3) is 1.26. The van der Waals surface area contributed by atoms with Gasteiger partial charge in [0, 0.05) is 0 Å². The molecule has 0 radical (unpaired) electrons. The predicted molar refractivity (Wildman–Crippen MR) is 44.7 cm³/mol. The Kier molecular flexibility index (Phi) is 1.83. The Morgan fingerprint density at radius 1 is 1.27 bits per heavy atom. The first-order valence-electron chi connectivity index (χ1n) is 4.08. The van der Waals surface area contributed by atoms with Crippen molar-refractivity contribution in [3.8, 4) is 0 Å². The van der Waals surface area contributed by atoms with Gasteiger partial charge in [-0.3, -0.25) is 4.79 Å². The Bertz CT molecular complexity index is 169. The van der Waals surface area contributed by atoms with Crippen LogP contribution in [-0.2, 0) is 4.79 Å². The monoisotopic (exact) mass is 172 g/mol. The van der Waals surface area contributed by atoms with Crippen molar-refractivity contribution in [3.63, 3.8) is 0 Å². The molecule has 1 aliphatic carbocycles. The van der Waals surface area contributed by atoms with E-state index < -0.39 is 5.97 Å². The van der Waals surface area contributed by atoms with Gasteiger partial charge in [0.05, 0.1) is 5.92 Å². The normalized spacial score (nSPS) is 42.4. The van der Waals surface area contributed by atoms with Gasteiger partial charge in [0.25, 0.3) is 0 Å². The summed E-state index contributed by atoms with van der Waals surface area (Å²) >= 11 is 1.99. The van der Waals surface area contributed by atoms with Gasteiger partial charge >= 0.3 is 5.97 Å². The molecule has 0 aromatic heterocycles. The van der Waals surface area contributed by atoms with Gasteiger partial charge in [-0.05, 0) is 36.2 Å². The maximum Gasteiger partial charge on any atom is 0.306 e. The number of carbonyl (C=O) groups is 1. The molecular formula is C8H12O2S. The maximum absolute atomic E-state index is 10.6. The van der Waals surface area contributed by atoms with Crippen LogP contribution >= 0.6 is 11.8 Å². The Morgan fingerprint density at radius 2 is 1.82 bits per heavy atom. The fourth-order valence-corrected chi connectivity index (χ4v) is 3.75. The number of hydrogen-bond acceptors (Lipinski definition) is 2. The number of hydrogen-bond donors (Lipinski definition) is 1. The van der Waals surface area contributed by atoms with Gasteiger partial charge < -0.3 is 5.11 Å². The van der Waals surface area contributed by atoms with Crippen molar-refractivity contribution in [2.24, 2.45) is 17.8 Å². The average Bonchev–Trinajstić information content (AvgIpc) is 2.40. The topological polar surface area (TPSA) is 37.3 Å². The number of carboxylic acids is 1. The molecule has 1 saturated heterocycles. The van der Waals surface area contributed by atoms with Gasteiger partial charge in [-0.2, -0.15) is 11.8 Å². The van der Waals surface area contributed by atoms with E-state index in [0.29, 0.717) is 0 Å². The minimum atomic E-state index is -0.579. The summed E-state index contributed by atoms with van der Waals surface area (Å²) in [4.78, 5) is 10.6. The lowest BCUT2D eigenvalue weighted by Gasteiger charge is -2.02. The molecule has 2 atom stereocenters. The molecule has 3 heteroatoms. The van der Waals surface area contributed by atoms with Gasteiger partial charge in [0.1, 0.15) is 0 Å². The van der Waals surface area contributed by atoms with E-state index in [0.717, 1.165) is 24.7 Å². The maximum atomic E-state index is 10.6. The van der Waals surface area contributed by atoms with Gasteiger partial charge in [0.2, 0.25) is 0 Å². The van der Waals surface area contributed by atoms with Crippen LogP contribution in [0.3, 0.4) is 0 Å². The number of carboxylic acid groups (broad SMARTS) is 1. The Labute approximate surface area is 70.4 Å². The molecule has 1 N–H and O–H groups in total. The van der Waals surface area contributed by atoms with Crippen LogP contribution in [0.15, 0.2) is 0 Å². The third-order valence-electron chi connectivity index (χ3n) is 2.85. The standard InChI is InChI=1S/C8H12O2S/c9-8(10)5-1-6-3-11-4-7(6)2-5/h5-7H,1-4H2,(H,9,10). The molecule has 11 heavy (non-hydrogen) atoms. The smallest absolute Gasteiger partial charge is 0.306 e. The molecule has 2 aliphatic rings. The van der Waals surface area contributed by atoms with Crippen LogP contribution in [0.1, 0.15) is 12.8 Å². The van der Waals surface area contributed by atoms with Crippen LogP contribution in [0.4, 0.5) is 0 Å². The summed E-state index contributed by atoms with van der Waals surface area (Å²) in [5.74, 6) is 3.25. The number of fused-ring (bicyclic) bond motifs is 1. The minimum absolute atomic E-state index is 0.0223. The van der Waals surface area contributed by atoms with Crippen LogP contribution in [0.5, 0.6) is 0 Å². The molecule has 0 aromatic carbocycles. The average molecular weight is 172 g/mol. The molecule has 1 saturated carbocycles. The van der Waals surface area contributed by atoms with Gasteiger partial charge in [-0.1, -0.05) is 0 Å². The van der Waals surface area contributed by atoms with Crippen LogP contribution in [0.25, 0.3) is 0 Å². The van der Waals surface area contributed by atoms with Crippen molar-refractivity contribution in [1.82, 2.24) is 0 Å². The lowest BCUT2D eigenvalue weighted by molar-refractivity contribution is -0.141. The molecule has 0 bridgehead atoms. The fraction of sp³-hybridized carbons (Fsp3) is 0.875. The van der Waals surface area contributed by atoms with E-state index in [4.69, 9.17) is 5.11 Å². The van der Waals surface area contributed by atoms with Crippen LogP contribution in [-0.4, -0.2) is 22.6 Å². The summed E-state index contributed by atoms with van der Waals surface area (Å²) in [6.07, 6.45) is 1.88. The molecule has 2 nitrogen and oxygen atoms in total. The van der Waals surface area contributed by atoms with E-state index >= 15 is 0 Å². The Morgan fingerprint density at radius 3 is 2.27 bits per heavy atom. The van der Waals surface area contributed by atoms with Gasteiger partial charge in [-0.25, -0.2) is 0 Å². The highest BCUT2D eigenvalue weighted by molar-refractivity contribution is 7.99. The summed E-state index contributed by atoms with van der Waals surface area (Å²) in [5.41, 5.74) is 0. The van der Waals surface area contributed by atoms with E-state index in [9.17, 15) is 4.79 Å². The highest BCUT2D eigenvalue weighted by Crippen LogP contribution is 2.44. The lowest BCUT2D eigenvalue weighted by Crippen LogP contribution is -2.10. The molecule has 1 heterocycles. The number of aliphatic carboxylic acids is 1. The van der Waals surface area contributed by atoms with Crippen LogP contribution < -0.4 is 0 Å². The molecule has 1 aliphatic heterocycles.